The smallest absolute Gasteiger partial charge is 0.0991 e. The van der Waals surface area contributed by atoms with E-state index in [1.807, 2.05) is 24.3 Å². The molecule has 0 aromatic heterocycles. The molecule has 1 aliphatic rings. The van der Waals surface area contributed by atoms with Gasteiger partial charge in [0, 0.05) is 18.6 Å². The van der Waals surface area contributed by atoms with Gasteiger partial charge in [0.1, 0.15) is 0 Å². The number of benzene rings is 1. The molecule has 0 radical (unpaired) electrons. The normalized spacial score (nSPS) is 18.3. The molecule has 1 aromatic carbocycles. The predicted octanol–water partition coefficient (Wildman–Crippen LogP) is 1.88. The topological polar surface area (TPSA) is 59.3 Å². The molecule has 4 heteroatoms. The molecule has 0 spiro atoms. The Hall–Kier alpha value is -1.41. The molecule has 114 valence electrons. The molecule has 0 bridgehead atoms. The first kappa shape index (κ1) is 16.0. The summed E-state index contributed by atoms with van der Waals surface area (Å²) in [5.41, 5.74) is 1.98. The number of likely N-dealkylation sites (tertiary alicyclic amines) is 1. The second-order valence-electron chi connectivity index (χ2n) is 5.81. The lowest BCUT2D eigenvalue weighted by Crippen LogP contribution is -2.46. The van der Waals surface area contributed by atoms with Crippen LogP contribution < -0.4 is 5.32 Å². The van der Waals surface area contributed by atoms with Crippen molar-refractivity contribution in [3.63, 3.8) is 0 Å². The lowest BCUT2D eigenvalue weighted by atomic mass is 10.0. The quantitative estimate of drug-likeness (QED) is 0.839. The number of hydrogen-bond acceptors (Lipinski definition) is 4. The summed E-state index contributed by atoms with van der Waals surface area (Å²) in [6, 6.07) is 10.8. The molecule has 1 saturated heterocycles. The van der Waals surface area contributed by atoms with Gasteiger partial charge in [0.15, 0.2) is 0 Å². The van der Waals surface area contributed by atoms with E-state index >= 15 is 0 Å². The SMILES string of the molecule is CCC(CO)NC1CCN(Cc2ccc(C#N)cc2)CC1. The first-order valence-corrected chi connectivity index (χ1v) is 7.83. The third kappa shape index (κ3) is 4.82. The Labute approximate surface area is 127 Å². The van der Waals surface area contributed by atoms with E-state index in [1.165, 1.54) is 5.56 Å². The van der Waals surface area contributed by atoms with Crippen molar-refractivity contribution in [1.82, 2.24) is 10.2 Å². The number of aliphatic hydroxyl groups is 1. The molecule has 1 unspecified atom stereocenters. The molecule has 0 aliphatic carbocycles. The van der Waals surface area contributed by atoms with Crippen molar-refractivity contribution >= 4 is 0 Å². The Morgan fingerprint density at radius 3 is 2.52 bits per heavy atom. The van der Waals surface area contributed by atoms with Crippen LogP contribution in [0.1, 0.15) is 37.3 Å². The van der Waals surface area contributed by atoms with Crippen LogP contribution in [0.2, 0.25) is 0 Å². The summed E-state index contributed by atoms with van der Waals surface area (Å²) < 4.78 is 0. The highest BCUT2D eigenvalue weighted by Gasteiger charge is 2.20. The van der Waals surface area contributed by atoms with Gasteiger partial charge in [0.2, 0.25) is 0 Å². The molecule has 1 heterocycles. The van der Waals surface area contributed by atoms with Crippen LogP contribution in [-0.4, -0.2) is 41.8 Å². The molecule has 0 saturated carbocycles. The number of hydrogen-bond donors (Lipinski definition) is 2. The number of rotatable bonds is 6. The van der Waals surface area contributed by atoms with Gasteiger partial charge in [-0.05, 0) is 50.0 Å². The molecule has 1 aromatic rings. The number of nitrogens with one attached hydrogen (secondary N) is 1. The summed E-state index contributed by atoms with van der Waals surface area (Å²) in [4.78, 5) is 2.46. The molecule has 4 nitrogen and oxygen atoms in total. The molecule has 0 amide bonds. The molecular formula is C17H25N3O. The van der Waals surface area contributed by atoms with Crippen LogP contribution in [0.3, 0.4) is 0 Å². The highest BCUT2D eigenvalue weighted by atomic mass is 16.3. The van der Waals surface area contributed by atoms with Gasteiger partial charge in [-0.15, -0.1) is 0 Å². The molecule has 1 fully saturated rings. The van der Waals surface area contributed by atoms with Crippen LogP contribution in [0, 0.1) is 11.3 Å². The van der Waals surface area contributed by atoms with Gasteiger partial charge in [-0.25, -0.2) is 0 Å². The Morgan fingerprint density at radius 2 is 2.00 bits per heavy atom. The molecule has 21 heavy (non-hydrogen) atoms. The molecule has 2 rings (SSSR count). The van der Waals surface area contributed by atoms with Crippen molar-refractivity contribution in [1.29, 1.82) is 5.26 Å². The Morgan fingerprint density at radius 1 is 1.33 bits per heavy atom. The lowest BCUT2D eigenvalue weighted by Gasteiger charge is -2.34. The summed E-state index contributed by atoms with van der Waals surface area (Å²) in [6.07, 6.45) is 3.24. The molecule has 1 atom stereocenters. The van der Waals surface area contributed by atoms with Crippen molar-refractivity contribution < 1.29 is 5.11 Å². The maximum atomic E-state index is 9.25. The highest BCUT2D eigenvalue weighted by molar-refractivity contribution is 5.31. The van der Waals surface area contributed by atoms with Crippen molar-refractivity contribution in [2.24, 2.45) is 0 Å². The first-order chi connectivity index (χ1) is 10.2. The fraction of sp³-hybridized carbons (Fsp3) is 0.588. The minimum Gasteiger partial charge on any atom is -0.395 e. The van der Waals surface area contributed by atoms with E-state index in [9.17, 15) is 5.11 Å². The van der Waals surface area contributed by atoms with Gasteiger partial charge in [-0.2, -0.15) is 5.26 Å². The summed E-state index contributed by atoms with van der Waals surface area (Å²) in [5, 5.41) is 21.6. The maximum absolute atomic E-state index is 9.25. The van der Waals surface area contributed by atoms with E-state index in [4.69, 9.17) is 5.26 Å². The van der Waals surface area contributed by atoms with Crippen LogP contribution in [0.25, 0.3) is 0 Å². The number of nitrogens with zero attached hydrogens (tertiary/aromatic N) is 2. The van der Waals surface area contributed by atoms with Gasteiger partial charge < -0.3 is 10.4 Å². The van der Waals surface area contributed by atoms with E-state index in [2.05, 4.69) is 23.2 Å². The number of piperidine rings is 1. The van der Waals surface area contributed by atoms with Gasteiger partial charge in [0.05, 0.1) is 18.2 Å². The highest BCUT2D eigenvalue weighted by Crippen LogP contribution is 2.15. The second-order valence-corrected chi connectivity index (χ2v) is 5.81. The minimum atomic E-state index is 0.224. The van der Waals surface area contributed by atoms with Crippen LogP contribution >= 0.6 is 0 Å². The number of aliphatic hydroxyl groups excluding tert-OH is 1. The zero-order chi connectivity index (χ0) is 15.1. The van der Waals surface area contributed by atoms with E-state index in [1.54, 1.807) is 0 Å². The maximum Gasteiger partial charge on any atom is 0.0991 e. The summed E-state index contributed by atoms with van der Waals surface area (Å²) in [6.45, 7) is 5.45. The van der Waals surface area contributed by atoms with Crippen LogP contribution in [-0.2, 0) is 6.54 Å². The summed E-state index contributed by atoms with van der Waals surface area (Å²) >= 11 is 0. The zero-order valence-electron chi connectivity index (χ0n) is 12.8. The Kier molecular flexibility index (Phi) is 6.19. The first-order valence-electron chi connectivity index (χ1n) is 7.83. The number of nitriles is 1. The average molecular weight is 287 g/mol. The van der Waals surface area contributed by atoms with Crippen molar-refractivity contribution in [3.8, 4) is 6.07 Å². The van der Waals surface area contributed by atoms with E-state index in [0.29, 0.717) is 6.04 Å². The fourth-order valence-corrected chi connectivity index (χ4v) is 2.83. The lowest BCUT2D eigenvalue weighted by molar-refractivity contribution is 0.165. The van der Waals surface area contributed by atoms with Gasteiger partial charge in [0.25, 0.3) is 0 Å². The third-order valence-electron chi connectivity index (χ3n) is 4.26. The summed E-state index contributed by atoms with van der Waals surface area (Å²) in [5.74, 6) is 0. The monoisotopic (exact) mass is 287 g/mol. The van der Waals surface area contributed by atoms with Gasteiger partial charge >= 0.3 is 0 Å². The van der Waals surface area contributed by atoms with Crippen LogP contribution in [0.5, 0.6) is 0 Å². The minimum absolute atomic E-state index is 0.224. The molecule has 1 aliphatic heterocycles. The van der Waals surface area contributed by atoms with E-state index in [0.717, 1.165) is 44.5 Å². The predicted molar refractivity (Wildman–Crippen MR) is 83.8 cm³/mol. The van der Waals surface area contributed by atoms with Gasteiger partial charge in [-0.1, -0.05) is 19.1 Å². The van der Waals surface area contributed by atoms with Crippen molar-refractivity contribution in [2.45, 2.75) is 44.8 Å². The fourth-order valence-electron chi connectivity index (χ4n) is 2.83. The largest absolute Gasteiger partial charge is 0.395 e. The van der Waals surface area contributed by atoms with Gasteiger partial charge in [-0.3, -0.25) is 4.90 Å². The third-order valence-corrected chi connectivity index (χ3v) is 4.26. The van der Waals surface area contributed by atoms with Crippen LogP contribution in [0.4, 0.5) is 0 Å². The standard InChI is InChI=1S/C17H25N3O/c1-2-16(13-21)19-17-7-9-20(10-8-17)12-15-5-3-14(11-18)4-6-15/h3-6,16-17,19,21H,2,7-10,12-13H2,1H3. The Balaban J connectivity index is 1.77. The average Bonchev–Trinajstić information content (AvgIpc) is 2.55. The zero-order valence-corrected chi connectivity index (χ0v) is 12.8. The van der Waals surface area contributed by atoms with Crippen molar-refractivity contribution in [2.75, 3.05) is 19.7 Å². The van der Waals surface area contributed by atoms with Crippen molar-refractivity contribution in [3.05, 3.63) is 35.4 Å². The Bertz CT molecular complexity index is 454. The van der Waals surface area contributed by atoms with Crippen LogP contribution in [0.15, 0.2) is 24.3 Å². The van der Waals surface area contributed by atoms with E-state index in [-0.39, 0.29) is 12.6 Å². The summed E-state index contributed by atoms with van der Waals surface area (Å²) in [7, 11) is 0. The second kappa shape index (κ2) is 8.14. The molecule has 2 N–H and O–H groups in total. The van der Waals surface area contributed by atoms with E-state index < -0.39 is 0 Å². The molecular weight excluding hydrogens is 262 g/mol.